The molecule has 5 nitrogen and oxygen atoms in total. The Bertz CT molecular complexity index is 980. The van der Waals surface area contributed by atoms with Crippen molar-refractivity contribution >= 4 is 16.9 Å². The number of aromatic nitrogens is 1. The Morgan fingerprint density at radius 2 is 2.27 bits per heavy atom. The van der Waals surface area contributed by atoms with Gasteiger partial charge in [-0.1, -0.05) is 19.1 Å². The van der Waals surface area contributed by atoms with Gasteiger partial charge in [0.2, 0.25) is 0 Å². The van der Waals surface area contributed by atoms with Crippen LogP contribution in [0, 0.1) is 23.2 Å². The van der Waals surface area contributed by atoms with Crippen molar-refractivity contribution in [3.63, 3.8) is 0 Å². The molecule has 2 aliphatic carbocycles. The van der Waals surface area contributed by atoms with Gasteiger partial charge in [0.1, 0.15) is 11.9 Å². The standard InChI is InChI=1S/C25H32N2O3/c1-15-4-3-8-25(2)12-23-19(11-21(15)25)20(24(29)30-23)14-26-9-7-16-13-27-22-6-5-17(28)10-18(16)22/h5-6,10,13,19-21,23,26-28H,1,3-4,7-9,11-12,14H2,2H3/t19-,20-,21-,23-,25-/m1/s1. The molecule has 1 aliphatic heterocycles. The van der Waals surface area contributed by atoms with Gasteiger partial charge in [-0.2, -0.15) is 0 Å². The fourth-order valence-electron chi connectivity index (χ4n) is 6.34. The number of phenolic OH excluding ortho intramolecular Hbond substituents is 1. The van der Waals surface area contributed by atoms with E-state index in [9.17, 15) is 9.90 Å². The number of hydrogen-bond donors (Lipinski definition) is 3. The van der Waals surface area contributed by atoms with Gasteiger partial charge in [-0.3, -0.25) is 4.79 Å². The summed E-state index contributed by atoms with van der Waals surface area (Å²) in [6.07, 6.45) is 8.53. The van der Waals surface area contributed by atoms with E-state index in [0.29, 0.717) is 18.4 Å². The van der Waals surface area contributed by atoms with Gasteiger partial charge in [-0.05, 0) is 80.2 Å². The molecule has 3 aliphatic rings. The maximum absolute atomic E-state index is 12.6. The maximum Gasteiger partial charge on any atom is 0.310 e. The number of carbonyl (C=O) groups excluding carboxylic acids is 1. The van der Waals surface area contributed by atoms with E-state index in [4.69, 9.17) is 4.74 Å². The van der Waals surface area contributed by atoms with Crippen LogP contribution in [0.5, 0.6) is 5.75 Å². The summed E-state index contributed by atoms with van der Waals surface area (Å²) in [6.45, 7) is 8.21. The summed E-state index contributed by atoms with van der Waals surface area (Å²) in [7, 11) is 0. The number of fused-ring (bicyclic) bond motifs is 3. The predicted molar refractivity (Wildman–Crippen MR) is 117 cm³/mol. The number of aromatic hydroxyl groups is 1. The third-order valence-electron chi connectivity index (χ3n) is 8.01. The van der Waals surface area contributed by atoms with Crippen molar-refractivity contribution in [3.8, 4) is 5.75 Å². The number of H-pyrrole nitrogens is 1. The quantitative estimate of drug-likeness (QED) is 0.391. The van der Waals surface area contributed by atoms with Gasteiger partial charge in [0.05, 0.1) is 5.92 Å². The molecule has 1 aromatic heterocycles. The largest absolute Gasteiger partial charge is 0.508 e. The van der Waals surface area contributed by atoms with E-state index in [0.717, 1.165) is 43.1 Å². The molecule has 5 heteroatoms. The van der Waals surface area contributed by atoms with Gasteiger partial charge in [-0.15, -0.1) is 0 Å². The molecule has 2 aromatic rings. The van der Waals surface area contributed by atoms with Gasteiger partial charge >= 0.3 is 5.97 Å². The van der Waals surface area contributed by atoms with Gasteiger partial charge in [0, 0.05) is 29.6 Å². The first-order valence-corrected chi connectivity index (χ1v) is 11.3. The highest BCUT2D eigenvalue weighted by molar-refractivity contribution is 5.84. The number of nitrogens with one attached hydrogen (secondary N) is 2. The summed E-state index contributed by atoms with van der Waals surface area (Å²) in [6, 6.07) is 5.39. The van der Waals surface area contributed by atoms with Crippen molar-refractivity contribution in [2.24, 2.45) is 23.2 Å². The number of esters is 1. The first kappa shape index (κ1) is 19.7. The van der Waals surface area contributed by atoms with E-state index in [1.807, 2.05) is 12.3 Å². The van der Waals surface area contributed by atoms with Crippen LogP contribution in [0.15, 0.2) is 36.5 Å². The van der Waals surface area contributed by atoms with Gasteiger partial charge < -0.3 is 20.1 Å². The zero-order valence-corrected chi connectivity index (χ0v) is 17.7. The van der Waals surface area contributed by atoms with Crippen molar-refractivity contribution in [3.05, 3.63) is 42.1 Å². The third-order valence-corrected chi connectivity index (χ3v) is 8.01. The predicted octanol–water partition coefficient (Wildman–Crippen LogP) is 4.32. The highest BCUT2D eigenvalue weighted by atomic mass is 16.6. The van der Waals surface area contributed by atoms with Crippen LogP contribution in [0.4, 0.5) is 0 Å². The van der Waals surface area contributed by atoms with Gasteiger partial charge in [0.25, 0.3) is 0 Å². The monoisotopic (exact) mass is 408 g/mol. The molecule has 1 aromatic carbocycles. The number of phenols is 1. The summed E-state index contributed by atoms with van der Waals surface area (Å²) in [4.78, 5) is 15.9. The number of aromatic amines is 1. The second kappa shape index (κ2) is 7.45. The van der Waals surface area contributed by atoms with E-state index < -0.39 is 0 Å². The molecule has 0 spiro atoms. The van der Waals surface area contributed by atoms with Crippen LogP contribution in [0.25, 0.3) is 10.9 Å². The molecular formula is C25H32N2O3. The fraction of sp³-hybridized carbons (Fsp3) is 0.560. The highest BCUT2D eigenvalue weighted by Crippen LogP contribution is 2.56. The molecular weight excluding hydrogens is 376 g/mol. The lowest BCUT2D eigenvalue weighted by Crippen LogP contribution is -2.45. The number of ether oxygens (including phenoxy) is 1. The molecule has 30 heavy (non-hydrogen) atoms. The van der Waals surface area contributed by atoms with Crippen LogP contribution in [-0.4, -0.2) is 35.3 Å². The molecule has 0 bridgehead atoms. The molecule has 2 heterocycles. The minimum atomic E-state index is -0.0544. The zero-order chi connectivity index (χ0) is 20.9. The Morgan fingerprint density at radius 3 is 3.13 bits per heavy atom. The fourth-order valence-corrected chi connectivity index (χ4v) is 6.34. The lowest BCUT2D eigenvalue weighted by molar-refractivity contribution is -0.146. The van der Waals surface area contributed by atoms with E-state index in [1.54, 1.807) is 12.1 Å². The summed E-state index contributed by atoms with van der Waals surface area (Å²) >= 11 is 0. The van der Waals surface area contributed by atoms with E-state index in [2.05, 4.69) is 23.8 Å². The zero-order valence-electron chi connectivity index (χ0n) is 17.7. The summed E-state index contributed by atoms with van der Waals surface area (Å²) in [5.41, 5.74) is 3.84. The molecule has 3 N–H and O–H groups in total. The van der Waals surface area contributed by atoms with Crippen molar-refractivity contribution in [1.29, 1.82) is 0 Å². The lowest BCUT2D eigenvalue weighted by Gasteiger charge is -2.50. The minimum absolute atomic E-state index is 0.0256. The van der Waals surface area contributed by atoms with E-state index >= 15 is 0 Å². The number of carbonyl (C=O) groups is 1. The molecule has 160 valence electrons. The molecule has 0 radical (unpaired) electrons. The normalized spacial score (nSPS) is 33.4. The van der Waals surface area contributed by atoms with Crippen LogP contribution >= 0.6 is 0 Å². The smallest absolute Gasteiger partial charge is 0.310 e. The van der Waals surface area contributed by atoms with Crippen molar-refractivity contribution in [2.45, 2.75) is 51.6 Å². The molecule has 0 unspecified atom stereocenters. The van der Waals surface area contributed by atoms with E-state index in [-0.39, 0.29) is 29.2 Å². The molecule has 3 fully saturated rings. The Balaban J connectivity index is 1.21. The van der Waals surface area contributed by atoms with Crippen molar-refractivity contribution in [1.82, 2.24) is 10.3 Å². The molecule has 0 amide bonds. The third kappa shape index (κ3) is 3.33. The second-order valence-electron chi connectivity index (χ2n) is 9.90. The second-order valence-corrected chi connectivity index (χ2v) is 9.90. The summed E-state index contributed by atoms with van der Waals surface area (Å²) in [5.74, 6) is 1.04. The Kier molecular flexibility index (Phi) is 4.89. The number of hydrogen-bond acceptors (Lipinski definition) is 4. The van der Waals surface area contributed by atoms with Crippen LogP contribution in [0.3, 0.4) is 0 Å². The Morgan fingerprint density at radius 1 is 1.40 bits per heavy atom. The topological polar surface area (TPSA) is 74.3 Å². The number of rotatable bonds is 5. The molecule has 2 saturated carbocycles. The highest BCUT2D eigenvalue weighted by Gasteiger charge is 2.54. The van der Waals surface area contributed by atoms with Crippen LogP contribution in [0.2, 0.25) is 0 Å². The Labute approximate surface area is 177 Å². The summed E-state index contributed by atoms with van der Waals surface area (Å²) < 4.78 is 5.86. The maximum atomic E-state index is 12.6. The van der Waals surface area contributed by atoms with Crippen LogP contribution in [-0.2, 0) is 16.0 Å². The van der Waals surface area contributed by atoms with Crippen LogP contribution in [0.1, 0.15) is 44.6 Å². The van der Waals surface area contributed by atoms with E-state index in [1.165, 1.54) is 24.0 Å². The first-order valence-electron chi connectivity index (χ1n) is 11.3. The van der Waals surface area contributed by atoms with Crippen molar-refractivity contribution in [2.75, 3.05) is 13.1 Å². The number of benzene rings is 1. The molecule has 5 rings (SSSR count). The number of allylic oxidation sites excluding steroid dienone is 1. The molecule has 5 atom stereocenters. The van der Waals surface area contributed by atoms with Gasteiger partial charge in [0.15, 0.2) is 0 Å². The lowest BCUT2D eigenvalue weighted by atomic mass is 9.55. The van der Waals surface area contributed by atoms with Crippen LogP contribution < -0.4 is 5.32 Å². The van der Waals surface area contributed by atoms with Crippen molar-refractivity contribution < 1.29 is 14.6 Å². The average Bonchev–Trinajstić information content (AvgIpc) is 3.23. The minimum Gasteiger partial charge on any atom is -0.508 e. The summed E-state index contributed by atoms with van der Waals surface area (Å²) in [5, 5.41) is 14.3. The molecule has 1 saturated heterocycles. The first-order chi connectivity index (χ1) is 14.4. The van der Waals surface area contributed by atoms with Gasteiger partial charge in [-0.25, -0.2) is 0 Å². The SMILES string of the molecule is C=C1CCC[C@]2(C)C[C@H]3OC(=O)[C@H](CNCCc4c[nH]c5ccc(O)cc45)[C@H]3C[C@H]12. The average molecular weight is 409 g/mol. The Hall–Kier alpha value is -2.27.